The second-order valence-electron chi connectivity index (χ2n) is 7.40. The van der Waals surface area contributed by atoms with Gasteiger partial charge in [0.05, 0.1) is 19.7 Å². The first-order valence-electron chi connectivity index (χ1n) is 10.3. The molecule has 0 aliphatic rings. The second kappa shape index (κ2) is 9.50. The van der Waals surface area contributed by atoms with Gasteiger partial charge in [-0.3, -0.25) is 9.97 Å². The van der Waals surface area contributed by atoms with Gasteiger partial charge in [0.2, 0.25) is 10.9 Å². The fourth-order valence-electron chi connectivity index (χ4n) is 3.94. The highest BCUT2D eigenvalue weighted by atomic mass is 32.2. The van der Waals surface area contributed by atoms with Crippen LogP contribution in [0.2, 0.25) is 0 Å². The lowest BCUT2D eigenvalue weighted by molar-refractivity contribution is 0.356. The van der Waals surface area contributed by atoms with Crippen LogP contribution in [-0.2, 0) is 30.3 Å². The molecule has 1 N–H and O–H groups in total. The first-order chi connectivity index (χ1) is 15.5. The number of pyridine rings is 2. The van der Waals surface area contributed by atoms with Crippen LogP contribution in [0.25, 0.3) is 21.7 Å². The van der Waals surface area contributed by atoms with Crippen LogP contribution in [0.3, 0.4) is 0 Å². The second-order valence-corrected chi connectivity index (χ2v) is 8.23. The minimum absolute atomic E-state index is 0.208. The summed E-state index contributed by atoms with van der Waals surface area (Å²) in [5, 5.41) is 3.05. The van der Waals surface area contributed by atoms with Gasteiger partial charge < -0.3 is 9.47 Å². The normalized spacial score (nSPS) is 11.4. The number of rotatable bonds is 8. The summed E-state index contributed by atoms with van der Waals surface area (Å²) < 4.78 is 35.4. The number of nitrogens with zero attached hydrogens (tertiary/aromatic N) is 2. The van der Waals surface area contributed by atoms with E-state index in [2.05, 4.69) is 16.6 Å². The maximum Gasteiger partial charge on any atom is 0.201 e. The van der Waals surface area contributed by atoms with Crippen molar-refractivity contribution in [1.82, 2.24) is 14.7 Å². The molecule has 0 spiro atoms. The summed E-state index contributed by atoms with van der Waals surface area (Å²) in [5.74, 6) is 1.34. The van der Waals surface area contributed by atoms with Crippen LogP contribution in [0.1, 0.15) is 29.4 Å². The largest absolute Gasteiger partial charge is 0.493 e. The SMILES string of the molecule is CCc1ncc(Cc2ccc3cccc(CN[SH](=O)=O)c3n2)c2cc(OC)c(OC)cc12. The van der Waals surface area contributed by atoms with Gasteiger partial charge in [0.15, 0.2) is 11.5 Å². The number of fused-ring (bicyclic) bond motifs is 2. The van der Waals surface area contributed by atoms with Gasteiger partial charge in [0, 0.05) is 41.3 Å². The van der Waals surface area contributed by atoms with Crippen molar-refractivity contribution in [3.05, 3.63) is 71.2 Å². The molecule has 32 heavy (non-hydrogen) atoms. The number of thiol groups is 1. The molecule has 0 saturated heterocycles. The minimum atomic E-state index is -2.67. The zero-order valence-corrected chi connectivity index (χ0v) is 19.1. The minimum Gasteiger partial charge on any atom is -0.493 e. The van der Waals surface area contributed by atoms with Gasteiger partial charge in [-0.05, 0) is 41.1 Å². The summed E-state index contributed by atoms with van der Waals surface area (Å²) in [7, 11) is 0.583. The average molecular weight is 452 g/mol. The fraction of sp³-hybridized carbons (Fsp3) is 0.250. The number of nitrogens with one attached hydrogen (secondary N) is 1. The van der Waals surface area contributed by atoms with E-state index >= 15 is 0 Å². The van der Waals surface area contributed by atoms with E-state index in [1.807, 2.05) is 48.7 Å². The lowest BCUT2D eigenvalue weighted by Crippen LogP contribution is -2.11. The molecule has 4 aromatic rings. The van der Waals surface area contributed by atoms with Gasteiger partial charge in [0.25, 0.3) is 0 Å². The molecule has 0 fully saturated rings. The Kier molecular flexibility index (Phi) is 6.53. The molecule has 0 saturated carbocycles. The van der Waals surface area contributed by atoms with Crippen LogP contribution in [-0.4, -0.2) is 32.6 Å². The van der Waals surface area contributed by atoms with Crippen LogP contribution in [0.5, 0.6) is 11.5 Å². The van der Waals surface area contributed by atoms with Crippen LogP contribution in [0.4, 0.5) is 0 Å². The van der Waals surface area contributed by atoms with Crippen molar-refractivity contribution in [2.24, 2.45) is 0 Å². The Labute approximate surface area is 188 Å². The Morgan fingerprint density at radius 1 is 0.969 bits per heavy atom. The molecule has 0 aliphatic heterocycles. The third-order valence-electron chi connectivity index (χ3n) is 5.52. The first kappa shape index (κ1) is 22.0. The van der Waals surface area contributed by atoms with E-state index in [9.17, 15) is 8.42 Å². The molecule has 0 aliphatic carbocycles. The third-order valence-corrected chi connectivity index (χ3v) is 5.94. The smallest absolute Gasteiger partial charge is 0.201 e. The van der Waals surface area contributed by atoms with Crippen LogP contribution in [0.15, 0.2) is 48.7 Å². The standard InChI is InChI=1S/C24H25N3O4S/c1-4-21-20-12-23(31-3)22(30-2)11-19(20)17(13-25-21)10-18-9-8-15-6-5-7-16(24(15)27-18)14-26-32(28)29/h5-9,11-13,32H,4,10,14H2,1-3H3,(H,26,28,29). The van der Waals surface area contributed by atoms with E-state index < -0.39 is 10.9 Å². The van der Waals surface area contributed by atoms with Crippen molar-refractivity contribution in [3.8, 4) is 11.5 Å². The fourth-order valence-corrected chi connectivity index (χ4v) is 4.24. The van der Waals surface area contributed by atoms with Crippen LogP contribution >= 0.6 is 0 Å². The first-order valence-corrected chi connectivity index (χ1v) is 11.5. The third kappa shape index (κ3) is 4.37. The van der Waals surface area contributed by atoms with Crippen LogP contribution in [0, 0.1) is 0 Å². The summed E-state index contributed by atoms with van der Waals surface area (Å²) in [4.78, 5) is 9.53. The zero-order chi connectivity index (χ0) is 22.7. The number of hydrogen-bond acceptors (Lipinski definition) is 6. The Balaban J connectivity index is 1.79. The van der Waals surface area contributed by atoms with Crippen molar-refractivity contribution in [2.45, 2.75) is 26.3 Å². The molecule has 4 rings (SSSR count). The molecule has 0 atom stereocenters. The molecule has 2 aromatic carbocycles. The summed E-state index contributed by atoms with van der Waals surface area (Å²) in [5.41, 5.74) is 4.52. The molecule has 2 heterocycles. The lowest BCUT2D eigenvalue weighted by atomic mass is 9.99. The summed E-state index contributed by atoms with van der Waals surface area (Å²) in [6, 6.07) is 13.7. The molecule has 8 heteroatoms. The van der Waals surface area contributed by atoms with E-state index in [1.165, 1.54) is 0 Å². The molecule has 7 nitrogen and oxygen atoms in total. The van der Waals surface area contributed by atoms with E-state index in [-0.39, 0.29) is 6.54 Å². The molecule has 0 unspecified atom stereocenters. The van der Waals surface area contributed by atoms with E-state index in [1.54, 1.807) is 14.2 Å². The Hall–Kier alpha value is -3.23. The summed E-state index contributed by atoms with van der Waals surface area (Å²) in [6.45, 7) is 2.29. The summed E-state index contributed by atoms with van der Waals surface area (Å²) >= 11 is 0. The predicted molar refractivity (Wildman–Crippen MR) is 126 cm³/mol. The highest BCUT2D eigenvalue weighted by Crippen LogP contribution is 2.35. The van der Waals surface area contributed by atoms with Gasteiger partial charge in [-0.2, -0.15) is 0 Å². The van der Waals surface area contributed by atoms with E-state index in [0.29, 0.717) is 17.9 Å². The van der Waals surface area contributed by atoms with Crippen molar-refractivity contribution < 1.29 is 17.9 Å². The average Bonchev–Trinajstić information content (AvgIpc) is 2.81. The van der Waals surface area contributed by atoms with Gasteiger partial charge in [0.1, 0.15) is 0 Å². The Morgan fingerprint density at radius 3 is 2.41 bits per heavy atom. The topological polar surface area (TPSA) is 90.4 Å². The molecular weight excluding hydrogens is 426 g/mol. The number of methoxy groups -OCH3 is 2. The van der Waals surface area contributed by atoms with Gasteiger partial charge >= 0.3 is 0 Å². The highest BCUT2D eigenvalue weighted by Gasteiger charge is 2.14. The quantitative estimate of drug-likeness (QED) is 0.398. The molecule has 2 aromatic heterocycles. The maximum atomic E-state index is 11.0. The van der Waals surface area contributed by atoms with Crippen molar-refractivity contribution in [3.63, 3.8) is 0 Å². The summed E-state index contributed by atoms with van der Waals surface area (Å²) in [6.07, 6.45) is 3.28. The van der Waals surface area contributed by atoms with E-state index in [0.717, 1.165) is 50.6 Å². The van der Waals surface area contributed by atoms with Gasteiger partial charge in [-0.1, -0.05) is 31.2 Å². The number of para-hydroxylation sites is 1. The predicted octanol–water partition coefficient (Wildman–Crippen LogP) is 3.57. The number of aromatic nitrogens is 2. The Morgan fingerprint density at radius 2 is 1.72 bits per heavy atom. The lowest BCUT2D eigenvalue weighted by Gasteiger charge is -2.14. The van der Waals surface area contributed by atoms with Gasteiger partial charge in [-0.15, -0.1) is 0 Å². The molecule has 0 amide bonds. The van der Waals surface area contributed by atoms with Crippen molar-refractivity contribution in [2.75, 3.05) is 14.2 Å². The monoisotopic (exact) mass is 451 g/mol. The number of ether oxygens (including phenoxy) is 2. The number of hydrogen-bond donors (Lipinski definition) is 2. The molecule has 0 bridgehead atoms. The van der Waals surface area contributed by atoms with E-state index in [4.69, 9.17) is 14.5 Å². The van der Waals surface area contributed by atoms with Crippen molar-refractivity contribution in [1.29, 1.82) is 0 Å². The maximum absolute atomic E-state index is 11.0. The highest BCUT2D eigenvalue weighted by molar-refractivity contribution is 7.70. The number of benzene rings is 2. The molecular formula is C24H25N3O4S. The number of aryl methyl sites for hydroxylation is 1. The van der Waals surface area contributed by atoms with Gasteiger partial charge in [-0.25, -0.2) is 13.1 Å². The van der Waals surface area contributed by atoms with Crippen LogP contribution < -0.4 is 14.2 Å². The molecule has 0 radical (unpaired) electrons. The zero-order valence-electron chi connectivity index (χ0n) is 18.2. The van der Waals surface area contributed by atoms with Crippen molar-refractivity contribution >= 4 is 32.6 Å². The Bertz CT molecular complexity index is 1360. The molecule has 166 valence electrons.